The molecule has 0 bridgehead atoms. The predicted molar refractivity (Wildman–Crippen MR) is 104 cm³/mol. The first-order chi connectivity index (χ1) is 12.0. The van der Waals surface area contributed by atoms with Crippen LogP contribution in [0.25, 0.3) is 0 Å². The maximum Gasteiger partial charge on any atom is 0.222 e. The number of hydrogen-bond acceptors (Lipinski definition) is 4. The summed E-state index contributed by atoms with van der Waals surface area (Å²) < 4.78 is 0. The van der Waals surface area contributed by atoms with E-state index in [0.29, 0.717) is 17.2 Å². The number of aryl methyl sites for hydroxylation is 1. The zero-order chi connectivity index (χ0) is 17.9. The minimum atomic E-state index is 0.312. The van der Waals surface area contributed by atoms with Crippen molar-refractivity contribution >= 4 is 17.2 Å². The Hall–Kier alpha value is -0.940. The van der Waals surface area contributed by atoms with Crippen LogP contribution in [0.5, 0.6) is 0 Å². The smallest absolute Gasteiger partial charge is 0.222 e. The Bertz CT molecular complexity index is 585. The number of hydrogen-bond donors (Lipinski definition) is 0. The van der Waals surface area contributed by atoms with Crippen LogP contribution in [0.4, 0.5) is 0 Å². The Kier molecular flexibility index (Phi) is 6.16. The molecule has 1 aromatic heterocycles. The first kappa shape index (κ1) is 18.8. The molecule has 1 amide bonds. The Balaban J connectivity index is 1.61. The standard InChI is InChI=1S/C20H33N3OS/c1-4-18-21-17(13-25-18)12-22-10-5-8-20(14-22)9-6-19(24)23(15-20)11-7-16(2)3/h13,16H,4-12,14-15H2,1-3H3/t20-/m0/s1. The molecule has 2 saturated heterocycles. The summed E-state index contributed by atoms with van der Waals surface area (Å²) in [6, 6.07) is 0. The van der Waals surface area contributed by atoms with E-state index in [2.05, 4.69) is 36.0 Å². The number of carbonyl (C=O) groups is 1. The van der Waals surface area contributed by atoms with Gasteiger partial charge in [-0.3, -0.25) is 9.69 Å². The van der Waals surface area contributed by atoms with E-state index in [9.17, 15) is 4.79 Å². The molecular weight excluding hydrogens is 330 g/mol. The molecule has 2 fully saturated rings. The van der Waals surface area contributed by atoms with E-state index in [1.165, 1.54) is 30.1 Å². The van der Waals surface area contributed by atoms with E-state index >= 15 is 0 Å². The fourth-order valence-corrected chi connectivity index (χ4v) is 5.05. The first-order valence-corrected chi connectivity index (χ1v) is 10.8. The van der Waals surface area contributed by atoms with Crippen molar-refractivity contribution in [2.45, 2.75) is 65.8 Å². The van der Waals surface area contributed by atoms with Gasteiger partial charge < -0.3 is 4.90 Å². The van der Waals surface area contributed by atoms with Gasteiger partial charge in [0.25, 0.3) is 0 Å². The van der Waals surface area contributed by atoms with Crippen LogP contribution in [-0.2, 0) is 17.8 Å². The lowest BCUT2D eigenvalue weighted by molar-refractivity contribution is -0.139. The molecule has 0 radical (unpaired) electrons. The topological polar surface area (TPSA) is 36.4 Å². The lowest BCUT2D eigenvalue weighted by Crippen LogP contribution is -2.54. The third kappa shape index (κ3) is 4.82. The predicted octanol–water partition coefficient (Wildman–Crippen LogP) is 3.96. The molecular formula is C20H33N3OS. The average molecular weight is 364 g/mol. The van der Waals surface area contributed by atoms with Gasteiger partial charge in [0.1, 0.15) is 0 Å². The van der Waals surface area contributed by atoms with E-state index in [4.69, 9.17) is 4.98 Å². The zero-order valence-electron chi connectivity index (χ0n) is 16.1. The molecule has 0 aliphatic carbocycles. The van der Waals surface area contributed by atoms with Crippen molar-refractivity contribution in [3.63, 3.8) is 0 Å². The number of likely N-dealkylation sites (tertiary alicyclic amines) is 2. The molecule has 4 nitrogen and oxygen atoms in total. The van der Waals surface area contributed by atoms with Crippen LogP contribution < -0.4 is 0 Å². The van der Waals surface area contributed by atoms with Crippen molar-refractivity contribution < 1.29 is 4.79 Å². The molecule has 140 valence electrons. The van der Waals surface area contributed by atoms with Crippen molar-refractivity contribution in [2.75, 3.05) is 26.2 Å². The van der Waals surface area contributed by atoms with Gasteiger partial charge in [-0.25, -0.2) is 4.98 Å². The van der Waals surface area contributed by atoms with E-state index in [-0.39, 0.29) is 0 Å². The van der Waals surface area contributed by atoms with Crippen LogP contribution in [0.3, 0.4) is 0 Å². The van der Waals surface area contributed by atoms with Crippen molar-refractivity contribution in [3.05, 3.63) is 16.1 Å². The van der Waals surface area contributed by atoms with Gasteiger partial charge in [-0.15, -0.1) is 11.3 Å². The van der Waals surface area contributed by atoms with E-state index < -0.39 is 0 Å². The molecule has 2 aliphatic heterocycles. The summed E-state index contributed by atoms with van der Waals surface area (Å²) in [5.41, 5.74) is 1.54. The highest BCUT2D eigenvalue weighted by Gasteiger charge is 2.41. The third-order valence-electron chi connectivity index (χ3n) is 5.75. The number of amides is 1. The SMILES string of the molecule is CCc1nc(CN2CCC[C@]3(CCC(=O)N(CCC(C)C)C3)C2)cs1. The average Bonchev–Trinajstić information content (AvgIpc) is 3.04. The molecule has 3 rings (SSSR count). The van der Waals surface area contributed by atoms with E-state index in [1.54, 1.807) is 11.3 Å². The number of aromatic nitrogens is 1. The van der Waals surface area contributed by atoms with E-state index in [0.717, 1.165) is 51.9 Å². The lowest BCUT2D eigenvalue weighted by Gasteiger charge is -2.48. The Morgan fingerprint density at radius 3 is 2.88 bits per heavy atom. The minimum absolute atomic E-state index is 0.312. The fourth-order valence-electron chi connectivity index (χ4n) is 4.31. The van der Waals surface area contributed by atoms with Crippen molar-refractivity contribution in [1.82, 2.24) is 14.8 Å². The summed E-state index contributed by atoms with van der Waals surface area (Å²) in [7, 11) is 0. The molecule has 2 aliphatic rings. The number of nitrogens with zero attached hydrogens (tertiary/aromatic N) is 3. The second-order valence-corrected chi connectivity index (χ2v) is 9.34. The molecule has 5 heteroatoms. The summed E-state index contributed by atoms with van der Waals surface area (Å²) >= 11 is 1.78. The Labute approximate surface area is 156 Å². The maximum absolute atomic E-state index is 12.3. The summed E-state index contributed by atoms with van der Waals surface area (Å²) in [6.45, 7) is 11.8. The summed E-state index contributed by atoms with van der Waals surface area (Å²) in [5.74, 6) is 1.03. The van der Waals surface area contributed by atoms with Gasteiger partial charge in [0.05, 0.1) is 10.7 Å². The zero-order valence-corrected chi connectivity index (χ0v) is 16.9. The molecule has 1 spiro atoms. The van der Waals surface area contributed by atoms with Crippen LogP contribution in [0.15, 0.2) is 5.38 Å². The molecule has 1 atom stereocenters. The molecule has 0 aromatic carbocycles. The molecule has 0 unspecified atom stereocenters. The molecule has 3 heterocycles. The van der Waals surface area contributed by atoms with Crippen LogP contribution in [0.2, 0.25) is 0 Å². The van der Waals surface area contributed by atoms with Gasteiger partial charge in [0.15, 0.2) is 0 Å². The second-order valence-electron chi connectivity index (χ2n) is 8.40. The van der Waals surface area contributed by atoms with Crippen LogP contribution >= 0.6 is 11.3 Å². The van der Waals surface area contributed by atoms with Crippen LogP contribution in [-0.4, -0.2) is 46.9 Å². The number of rotatable bonds is 6. The van der Waals surface area contributed by atoms with Gasteiger partial charge in [-0.2, -0.15) is 0 Å². The first-order valence-electron chi connectivity index (χ1n) is 9.93. The van der Waals surface area contributed by atoms with Gasteiger partial charge >= 0.3 is 0 Å². The van der Waals surface area contributed by atoms with Crippen molar-refractivity contribution in [2.24, 2.45) is 11.3 Å². The highest BCUT2D eigenvalue weighted by molar-refractivity contribution is 7.09. The summed E-state index contributed by atoms with van der Waals surface area (Å²) in [6.07, 6.45) is 6.47. The Morgan fingerprint density at radius 1 is 1.32 bits per heavy atom. The van der Waals surface area contributed by atoms with Crippen LogP contribution in [0.1, 0.15) is 63.6 Å². The van der Waals surface area contributed by atoms with Crippen molar-refractivity contribution in [1.29, 1.82) is 0 Å². The van der Waals surface area contributed by atoms with Gasteiger partial charge in [0.2, 0.25) is 5.91 Å². The largest absolute Gasteiger partial charge is 0.342 e. The van der Waals surface area contributed by atoms with E-state index in [1.807, 2.05) is 0 Å². The maximum atomic E-state index is 12.3. The normalized spacial score (nSPS) is 25.3. The van der Waals surface area contributed by atoms with Gasteiger partial charge in [0, 0.05) is 43.4 Å². The third-order valence-corrected chi connectivity index (χ3v) is 6.79. The number of piperidine rings is 2. The highest BCUT2D eigenvalue weighted by atomic mass is 32.1. The van der Waals surface area contributed by atoms with Gasteiger partial charge in [-0.05, 0) is 44.6 Å². The highest BCUT2D eigenvalue weighted by Crippen LogP contribution is 2.39. The summed E-state index contributed by atoms with van der Waals surface area (Å²) in [4.78, 5) is 21.8. The van der Waals surface area contributed by atoms with Crippen molar-refractivity contribution in [3.8, 4) is 0 Å². The fraction of sp³-hybridized carbons (Fsp3) is 0.800. The number of thiazole rings is 1. The molecule has 1 aromatic rings. The Morgan fingerprint density at radius 2 is 2.16 bits per heavy atom. The lowest BCUT2D eigenvalue weighted by atomic mass is 9.73. The molecule has 0 N–H and O–H groups in total. The molecule has 25 heavy (non-hydrogen) atoms. The van der Waals surface area contributed by atoms with Crippen LogP contribution in [0, 0.1) is 11.3 Å². The summed E-state index contributed by atoms with van der Waals surface area (Å²) in [5, 5.41) is 3.46. The minimum Gasteiger partial charge on any atom is -0.342 e. The quantitative estimate of drug-likeness (QED) is 0.768. The number of carbonyl (C=O) groups excluding carboxylic acids is 1. The monoisotopic (exact) mass is 363 g/mol. The second kappa shape index (κ2) is 8.17. The molecule has 0 saturated carbocycles. The van der Waals surface area contributed by atoms with Gasteiger partial charge in [-0.1, -0.05) is 20.8 Å².